The highest BCUT2D eigenvalue weighted by atomic mass is 15.2. The third-order valence-electron chi connectivity index (χ3n) is 3.68. The number of nitrogen functional groups attached to an aromatic ring is 1. The summed E-state index contributed by atoms with van der Waals surface area (Å²) in [6.45, 7) is 6.65. The van der Waals surface area contributed by atoms with E-state index in [0.29, 0.717) is 0 Å². The standard InChI is InChI=1S/C14H23N3/c1-3-4-12-5-7-17(8-6-12)14-11(2)9-13(15)10-16-14/h9-10,12H,3-8,15H2,1-2H3. The largest absolute Gasteiger partial charge is 0.397 e. The fourth-order valence-corrected chi connectivity index (χ4v) is 2.76. The normalized spacial score (nSPS) is 17.4. The van der Waals surface area contributed by atoms with Crippen LogP contribution in [0.3, 0.4) is 0 Å². The third-order valence-corrected chi connectivity index (χ3v) is 3.68. The molecule has 0 bridgehead atoms. The second-order valence-corrected chi connectivity index (χ2v) is 5.13. The highest BCUT2D eigenvalue weighted by Crippen LogP contribution is 2.27. The minimum Gasteiger partial charge on any atom is -0.397 e. The lowest BCUT2D eigenvalue weighted by Crippen LogP contribution is -2.34. The predicted octanol–water partition coefficient (Wildman–Crippen LogP) is 2.99. The molecule has 0 saturated carbocycles. The van der Waals surface area contributed by atoms with Crippen molar-refractivity contribution in [2.45, 2.75) is 39.5 Å². The highest BCUT2D eigenvalue weighted by Gasteiger charge is 2.20. The number of nitrogens with zero attached hydrogens (tertiary/aromatic N) is 2. The summed E-state index contributed by atoms with van der Waals surface area (Å²) in [5.74, 6) is 2.04. The third kappa shape index (κ3) is 2.90. The van der Waals surface area contributed by atoms with Gasteiger partial charge in [0.25, 0.3) is 0 Å². The van der Waals surface area contributed by atoms with Gasteiger partial charge in [0.1, 0.15) is 5.82 Å². The number of aromatic nitrogens is 1. The summed E-state index contributed by atoms with van der Waals surface area (Å²) < 4.78 is 0. The monoisotopic (exact) mass is 233 g/mol. The lowest BCUT2D eigenvalue weighted by Gasteiger charge is -2.33. The average molecular weight is 233 g/mol. The molecule has 0 spiro atoms. The molecule has 17 heavy (non-hydrogen) atoms. The number of pyridine rings is 1. The van der Waals surface area contributed by atoms with Crippen molar-refractivity contribution >= 4 is 11.5 Å². The zero-order valence-electron chi connectivity index (χ0n) is 10.9. The number of piperidine rings is 1. The van der Waals surface area contributed by atoms with E-state index in [1.54, 1.807) is 6.20 Å². The summed E-state index contributed by atoms with van der Waals surface area (Å²) in [7, 11) is 0. The average Bonchev–Trinajstić information content (AvgIpc) is 2.31. The van der Waals surface area contributed by atoms with Crippen LogP contribution in [0, 0.1) is 12.8 Å². The molecule has 1 aromatic rings. The van der Waals surface area contributed by atoms with E-state index in [1.165, 1.54) is 31.2 Å². The van der Waals surface area contributed by atoms with Crippen LogP contribution in [0.5, 0.6) is 0 Å². The van der Waals surface area contributed by atoms with Gasteiger partial charge in [-0.15, -0.1) is 0 Å². The Balaban J connectivity index is 2.00. The molecule has 0 radical (unpaired) electrons. The SMILES string of the molecule is CCCC1CCN(c2ncc(N)cc2C)CC1. The molecular formula is C14H23N3. The van der Waals surface area contributed by atoms with E-state index in [9.17, 15) is 0 Å². The first-order valence-electron chi connectivity index (χ1n) is 6.67. The van der Waals surface area contributed by atoms with E-state index in [1.807, 2.05) is 6.07 Å². The first-order chi connectivity index (χ1) is 8.20. The molecule has 94 valence electrons. The fourth-order valence-electron chi connectivity index (χ4n) is 2.76. The van der Waals surface area contributed by atoms with Crippen LogP contribution in [0.15, 0.2) is 12.3 Å². The maximum atomic E-state index is 5.74. The van der Waals surface area contributed by atoms with Gasteiger partial charge in [-0.3, -0.25) is 0 Å². The van der Waals surface area contributed by atoms with Gasteiger partial charge in [-0.1, -0.05) is 19.8 Å². The van der Waals surface area contributed by atoms with E-state index in [-0.39, 0.29) is 0 Å². The molecule has 3 heteroatoms. The van der Waals surface area contributed by atoms with E-state index >= 15 is 0 Å². The second-order valence-electron chi connectivity index (χ2n) is 5.13. The Labute approximate surface area is 104 Å². The molecule has 0 aromatic carbocycles. The van der Waals surface area contributed by atoms with Gasteiger partial charge in [-0.05, 0) is 37.3 Å². The maximum Gasteiger partial charge on any atom is 0.131 e. The molecule has 0 unspecified atom stereocenters. The summed E-state index contributed by atoms with van der Waals surface area (Å²) in [5.41, 5.74) is 7.69. The lowest BCUT2D eigenvalue weighted by molar-refractivity contribution is 0.377. The van der Waals surface area contributed by atoms with Gasteiger partial charge in [0.05, 0.1) is 11.9 Å². The lowest BCUT2D eigenvalue weighted by atomic mass is 9.92. The number of hydrogen-bond donors (Lipinski definition) is 1. The summed E-state index contributed by atoms with van der Waals surface area (Å²) >= 11 is 0. The van der Waals surface area contributed by atoms with Crippen LogP contribution in [-0.4, -0.2) is 18.1 Å². The molecule has 1 aliphatic rings. The Morgan fingerprint density at radius 3 is 2.71 bits per heavy atom. The van der Waals surface area contributed by atoms with Crippen molar-refractivity contribution in [1.29, 1.82) is 0 Å². The van der Waals surface area contributed by atoms with Crippen LogP contribution >= 0.6 is 0 Å². The van der Waals surface area contributed by atoms with Crippen LogP contribution in [0.25, 0.3) is 0 Å². The smallest absolute Gasteiger partial charge is 0.131 e. The van der Waals surface area contributed by atoms with Crippen LogP contribution in [0.1, 0.15) is 38.2 Å². The predicted molar refractivity (Wildman–Crippen MR) is 73.2 cm³/mol. The van der Waals surface area contributed by atoms with Gasteiger partial charge in [-0.25, -0.2) is 4.98 Å². The van der Waals surface area contributed by atoms with Crippen molar-refractivity contribution < 1.29 is 0 Å². The topological polar surface area (TPSA) is 42.2 Å². The summed E-state index contributed by atoms with van der Waals surface area (Å²) in [6.07, 6.45) is 7.06. The molecule has 2 rings (SSSR count). The summed E-state index contributed by atoms with van der Waals surface area (Å²) in [4.78, 5) is 6.88. The molecule has 1 fully saturated rings. The summed E-state index contributed by atoms with van der Waals surface area (Å²) in [5, 5.41) is 0. The minimum absolute atomic E-state index is 0.757. The van der Waals surface area contributed by atoms with E-state index < -0.39 is 0 Å². The molecule has 0 aliphatic carbocycles. The van der Waals surface area contributed by atoms with Gasteiger partial charge in [0, 0.05) is 13.1 Å². The maximum absolute atomic E-state index is 5.74. The van der Waals surface area contributed by atoms with Crippen molar-refractivity contribution in [2.24, 2.45) is 5.92 Å². The Hall–Kier alpha value is -1.25. The first kappa shape index (κ1) is 12.2. The molecule has 1 saturated heterocycles. The second kappa shape index (κ2) is 5.39. The van der Waals surface area contributed by atoms with E-state index in [4.69, 9.17) is 5.73 Å². The van der Waals surface area contributed by atoms with Gasteiger partial charge in [-0.2, -0.15) is 0 Å². The molecule has 2 heterocycles. The van der Waals surface area contributed by atoms with E-state index in [0.717, 1.165) is 30.5 Å². The Bertz CT molecular complexity index is 368. The Morgan fingerprint density at radius 1 is 1.41 bits per heavy atom. The van der Waals surface area contributed by atoms with Crippen molar-refractivity contribution in [3.05, 3.63) is 17.8 Å². The molecule has 0 atom stereocenters. The molecule has 3 nitrogen and oxygen atoms in total. The zero-order chi connectivity index (χ0) is 12.3. The van der Waals surface area contributed by atoms with Crippen LogP contribution < -0.4 is 10.6 Å². The van der Waals surface area contributed by atoms with E-state index in [2.05, 4.69) is 23.7 Å². The highest BCUT2D eigenvalue weighted by molar-refractivity contribution is 5.52. The van der Waals surface area contributed by atoms with Gasteiger partial charge in [0.2, 0.25) is 0 Å². The van der Waals surface area contributed by atoms with Gasteiger partial charge >= 0.3 is 0 Å². The van der Waals surface area contributed by atoms with Crippen LogP contribution in [-0.2, 0) is 0 Å². The Morgan fingerprint density at radius 2 is 2.12 bits per heavy atom. The van der Waals surface area contributed by atoms with Crippen molar-refractivity contribution in [2.75, 3.05) is 23.7 Å². The quantitative estimate of drug-likeness (QED) is 0.872. The number of nitrogens with two attached hydrogens (primary N) is 1. The molecule has 1 aliphatic heterocycles. The van der Waals surface area contributed by atoms with Crippen molar-refractivity contribution in [1.82, 2.24) is 4.98 Å². The molecular weight excluding hydrogens is 210 g/mol. The van der Waals surface area contributed by atoms with Crippen LogP contribution in [0.2, 0.25) is 0 Å². The van der Waals surface area contributed by atoms with Gasteiger partial charge < -0.3 is 10.6 Å². The zero-order valence-corrected chi connectivity index (χ0v) is 10.9. The molecule has 2 N–H and O–H groups in total. The van der Waals surface area contributed by atoms with Crippen molar-refractivity contribution in [3.63, 3.8) is 0 Å². The van der Waals surface area contributed by atoms with Crippen LogP contribution in [0.4, 0.5) is 11.5 Å². The number of aryl methyl sites for hydroxylation is 1. The van der Waals surface area contributed by atoms with Crippen molar-refractivity contribution in [3.8, 4) is 0 Å². The molecule has 0 amide bonds. The number of hydrogen-bond acceptors (Lipinski definition) is 3. The number of rotatable bonds is 3. The van der Waals surface area contributed by atoms with Gasteiger partial charge in [0.15, 0.2) is 0 Å². The fraction of sp³-hybridized carbons (Fsp3) is 0.643. The Kier molecular flexibility index (Phi) is 3.87. The first-order valence-corrected chi connectivity index (χ1v) is 6.67. The summed E-state index contributed by atoms with van der Waals surface area (Å²) in [6, 6.07) is 2.01. The minimum atomic E-state index is 0.757. The number of anilines is 2. The molecule has 1 aromatic heterocycles.